The lowest BCUT2D eigenvalue weighted by Crippen LogP contribution is -2.26. The van der Waals surface area contributed by atoms with Gasteiger partial charge in [-0.15, -0.1) is 0 Å². The van der Waals surface area contributed by atoms with Gasteiger partial charge in [0, 0.05) is 0 Å². The molecule has 0 rings (SSSR count). The van der Waals surface area contributed by atoms with Crippen LogP contribution in [0.5, 0.6) is 0 Å². The third-order valence-corrected chi connectivity index (χ3v) is 5.40. The summed E-state index contributed by atoms with van der Waals surface area (Å²) < 4.78 is 0. The molecule has 0 aromatic heterocycles. The lowest BCUT2D eigenvalue weighted by atomic mass is 10.4. The number of rotatable bonds is 6. The Balaban J connectivity index is 3.21. The molecule has 0 aliphatic rings. The Morgan fingerprint density at radius 3 is 2.40 bits per heavy atom. The van der Waals surface area contributed by atoms with Crippen LogP contribution in [-0.4, -0.2) is 22.0 Å². The predicted octanol–water partition coefficient (Wildman–Crippen LogP) is 1.79. The van der Waals surface area contributed by atoms with Gasteiger partial charge in [-0.3, -0.25) is 0 Å². The van der Waals surface area contributed by atoms with Crippen LogP contribution in [0, 0.1) is 0 Å². The monoisotopic (exact) mass is 159 g/mol. The molecular formula is C8H21NSi. The molecule has 0 aromatic rings. The second-order valence-corrected chi connectivity index (χ2v) is 6.51. The fourth-order valence-electron chi connectivity index (χ4n) is 1.23. The molecule has 0 aliphatic carbocycles. The first-order valence-corrected chi connectivity index (χ1v) is 6.94. The summed E-state index contributed by atoms with van der Waals surface area (Å²) in [6.45, 7) is 4.62. The van der Waals surface area contributed by atoms with Crippen molar-refractivity contribution in [1.82, 2.24) is 5.32 Å². The summed E-state index contributed by atoms with van der Waals surface area (Å²) in [5.74, 6) is 0. The molecule has 1 unspecified atom stereocenters. The SMILES string of the molecule is CCCC[SiH](CC)CNC. The highest BCUT2D eigenvalue weighted by Crippen LogP contribution is 2.03. The summed E-state index contributed by atoms with van der Waals surface area (Å²) >= 11 is 0. The van der Waals surface area contributed by atoms with Crippen LogP contribution < -0.4 is 5.32 Å². The zero-order valence-corrected chi connectivity index (χ0v) is 8.77. The molecule has 0 aliphatic heterocycles. The third-order valence-electron chi connectivity index (χ3n) is 2.04. The molecule has 0 fully saturated rings. The molecule has 0 bridgehead atoms. The maximum atomic E-state index is 3.29. The van der Waals surface area contributed by atoms with Gasteiger partial charge in [-0.2, -0.15) is 0 Å². The fraction of sp³-hybridized carbons (Fsp3) is 1.00. The Bertz CT molecular complexity index is 66.3. The number of nitrogens with one attached hydrogen (secondary N) is 1. The van der Waals surface area contributed by atoms with Crippen molar-refractivity contribution >= 4 is 8.80 Å². The van der Waals surface area contributed by atoms with Gasteiger partial charge in [0.1, 0.15) is 0 Å². The Labute approximate surface area is 66.8 Å². The number of unbranched alkanes of at least 4 members (excludes halogenated alkanes) is 1. The van der Waals surface area contributed by atoms with Crippen LogP contribution >= 0.6 is 0 Å². The van der Waals surface area contributed by atoms with Crippen LogP contribution in [0.1, 0.15) is 26.7 Å². The van der Waals surface area contributed by atoms with E-state index < -0.39 is 0 Å². The smallest absolute Gasteiger partial charge is 0.0524 e. The maximum Gasteiger partial charge on any atom is 0.0524 e. The summed E-state index contributed by atoms with van der Waals surface area (Å²) in [6, 6.07) is 2.99. The van der Waals surface area contributed by atoms with Gasteiger partial charge in [0.15, 0.2) is 0 Å². The lowest BCUT2D eigenvalue weighted by molar-refractivity contribution is 0.854. The molecule has 0 aromatic carbocycles. The topological polar surface area (TPSA) is 12.0 Å². The molecule has 0 radical (unpaired) electrons. The van der Waals surface area contributed by atoms with Crippen molar-refractivity contribution < 1.29 is 0 Å². The van der Waals surface area contributed by atoms with E-state index in [0.717, 1.165) is 0 Å². The minimum atomic E-state index is -0.342. The summed E-state index contributed by atoms with van der Waals surface area (Å²) in [6.07, 6.45) is 4.15. The predicted molar refractivity (Wildman–Crippen MR) is 51.3 cm³/mol. The van der Waals surface area contributed by atoms with Gasteiger partial charge in [-0.1, -0.05) is 38.8 Å². The summed E-state index contributed by atoms with van der Waals surface area (Å²) in [7, 11) is 1.73. The first-order valence-electron chi connectivity index (χ1n) is 4.49. The van der Waals surface area contributed by atoms with Crippen LogP contribution in [-0.2, 0) is 0 Å². The quantitative estimate of drug-likeness (QED) is 0.583. The van der Waals surface area contributed by atoms with Crippen molar-refractivity contribution in [2.75, 3.05) is 13.2 Å². The highest BCUT2D eigenvalue weighted by molar-refractivity contribution is 6.58. The Hall–Kier alpha value is 0.177. The molecule has 1 N–H and O–H groups in total. The molecule has 0 saturated heterocycles. The Morgan fingerprint density at radius 2 is 2.00 bits per heavy atom. The van der Waals surface area contributed by atoms with Crippen LogP contribution in [0.2, 0.25) is 12.1 Å². The molecule has 0 spiro atoms. The van der Waals surface area contributed by atoms with Gasteiger partial charge >= 0.3 is 0 Å². The summed E-state index contributed by atoms with van der Waals surface area (Å²) in [5.41, 5.74) is 0. The van der Waals surface area contributed by atoms with Crippen LogP contribution in [0.4, 0.5) is 0 Å². The summed E-state index contributed by atoms with van der Waals surface area (Å²) in [5, 5.41) is 3.29. The molecule has 2 heteroatoms. The largest absolute Gasteiger partial charge is 0.323 e. The second kappa shape index (κ2) is 7.29. The zero-order valence-electron chi connectivity index (χ0n) is 7.61. The van der Waals surface area contributed by atoms with Crippen molar-refractivity contribution in [2.45, 2.75) is 38.8 Å². The van der Waals surface area contributed by atoms with Crippen molar-refractivity contribution in [3.8, 4) is 0 Å². The van der Waals surface area contributed by atoms with Crippen molar-refractivity contribution in [2.24, 2.45) is 0 Å². The normalized spacial score (nSPS) is 13.5. The van der Waals surface area contributed by atoms with E-state index in [1.165, 1.54) is 31.1 Å². The van der Waals surface area contributed by atoms with E-state index >= 15 is 0 Å². The average molecular weight is 159 g/mol. The second-order valence-electron chi connectivity index (χ2n) is 2.97. The van der Waals surface area contributed by atoms with Gasteiger partial charge in [-0.05, 0) is 13.2 Å². The van der Waals surface area contributed by atoms with Crippen molar-refractivity contribution in [3.63, 3.8) is 0 Å². The Morgan fingerprint density at radius 1 is 1.30 bits per heavy atom. The Kier molecular flexibility index (Phi) is 7.41. The van der Waals surface area contributed by atoms with E-state index in [2.05, 4.69) is 26.2 Å². The van der Waals surface area contributed by atoms with Crippen LogP contribution in [0.3, 0.4) is 0 Å². The fourth-order valence-corrected chi connectivity index (χ4v) is 3.70. The first-order chi connectivity index (χ1) is 4.85. The molecular weight excluding hydrogens is 138 g/mol. The molecule has 0 saturated carbocycles. The minimum absolute atomic E-state index is 0.342. The van der Waals surface area contributed by atoms with Gasteiger partial charge in [-0.25, -0.2) is 0 Å². The standard InChI is InChI=1S/C8H21NSi/c1-4-6-7-10(5-2)8-9-3/h9-10H,4-8H2,1-3H3. The van der Waals surface area contributed by atoms with Gasteiger partial charge in [0.25, 0.3) is 0 Å². The average Bonchev–Trinajstić information content (AvgIpc) is 1.98. The first kappa shape index (κ1) is 10.2. The van der Waals surface area contributed by atoms with Crippen LogP contribution in [0.15, 0.2) is 0 Å². The van der Waals surface area contributed by atoms with E-state index in [1.54, 1.807) is 0 Å². The van der Waals surface area contributed by atoms with Gasteiger partial charge in [0.2, 0.25) is 0 Å². The molecule has 62 valence electrons. The highest BCUT2D eigenvalue weighted by atomic mass is 28.3. The van der Waals surface area contributed by atoms with Gasteiger partial charge in [0.05, 0.1) is 8.80 Å². The zero-order chi connectivity index (χ0) is 7.82. The van der Waals surface area contributed by atoms with Crippen molar-refractivity contribution in [1.29, 1.82) is 0 Å². The highest BCUT2D eigenvalue weighted by Gasteiger charge is 2.04. The number of hydrogen-bond acceptors (Lipinski definition) is 1. The lowest BCUT2D eigenvalue weighted by Gasteiger charge is -2.10. The summed E-state index contributed by atoms with van der Waals surface area (Å²) in [4.78, 5) is 0. The van der Waals surface area contributed by atoms with E-state index in [-0.39, 0.29) is 8.80 Å². The van der Waals surface area contributed by atoms with E-state index in [4.69, 9.17) is 0 Å². The van der Waals surface area contributed by atoms with E-state index in [0.29, 0.717) is 0 Å². The molecule has 0 amide bonds. The number of hydrogen-bond donors (Lipinski definition) is 1. The molecule has 1 atom stereocenters. The molecule has 1 nitrogen and oxygen atoms in total. The molecule has 10 heavy (non-hydrogen) atoms. The molecule has 0 heterocycles. The van der Waals surface area contributed by atoms with E-state index in [9.17, 15) is 0 Å². The minimum Gasteiger partial charge on any atom is -0.323 e. The van der Waals surface area contributed by atoms with Crippen molar-refractivity contribution in [3.05, 3.63) is 0 Å². The maximum absolute atomic E-state index is 3.29. The van der Waals surface area contributed by atoms with Crippen LogP contribution in [0.25, 0.3) is 0 Å². The van der Waals surface area contributed by atoms with Gasteiger partial charge < -0.3 is 5.32 Å². The third kappa shape index (κ3) is 5.00. The van der Waals surface area contributed by atoms with E-state index in [1.807, 2.05) is 0 Å².